The summed E-state index contributed by atoms with van der Waals surface area (Å²) in [6, 6.07) is 3.87. The fourth-order valence-electron chi connectivity index (χ4n) is 1.90. The van der Waals surface area contributed by atoms with Gasteiger partial charge in [-0.2, -0.15) is 0 Å². The average molecular weight is 254 g/mol. The molecule has 0 unspecified atom stereocenters. The molecule has 92 valence electrons. The largest absolute Gasteiger partial charge is 0.493 e. The Hall–Kier alpha value is -0.930. The predicted octanol–water partition coefficient (Wildman–Crippen LogP) is 2.84. The minimum absolute atomic E-state index is 0.199. The fraction of sp³-hybridized carbons (Fsp3) is 0.538. The van der Waals surface area contributed by atoms with Gasteiger partial charge in [0.25, 0.3) is 0 Å². The summed E-state index contributed by atoms with van der Waals surface area (Å²) >= 11 is 6.26. The molecule has 0 spiro atoms. The van der Waals surface area contributed by atoms with Crippen molar-refractivity contribution < 1.29 is 9.47 Å². The van der Waals surface area contributed by atoms with E-state index in [1.54, 1.807) is 7.11 Å². The second-order valence-corrected chi connectivity index (χ2v) is 5.37. The molecule has 0 aliphatic heterocycles. The lowest BCUT2D eigenvalue weighted by molar-refractivity contribution is 0.282. The van der Waals surface area contributed by atoms with Crippen molar-refractivity contribution >= 4 is 11.6 Å². The zero-order valence-electron chi connectivity index (χ0n) is 9.83. The molecule has 2 N–H and O–H groups in total. The topological polar surface area (TPSA) is 44.5 Å². The van der Waals surface area contributed by atoms with Crippen LogP contribution in [0.1, 0.15) is 31.2 Å². The molecule has 17 heavy (non-hydrogen) atoms. The van der Waals surface area contributed by atoms with Crippen LogP contribution in [0.25, 0.3) is 0 Å². The van der Waals surface area contributed by atoms with Crippen LogP contribution in [0.3, 0.4) is 0 Å². The Balaban J connectivity index is 1.97. The van der Waals surface area contributed by atoms with Crippen LogP contribution in [0, 0.1) is 0 Å². The van der Waals surface area contributed by atoms with Gasteiger partial charge in [0.15, 0.2) is 11.5 Å². The summed E-state index contributed by atoms with van der Waals surface area (Å²) in [5.74, 6) is 1.35. The molecule has 2 aliphatic carbocycles. The minimum atomic E-state index is -0.199. The highest BCUT2D eigenvalue weighted by atomic mass is 35.5. The Bertz CT molecular complexity index is 453. The number of halogens is 1. The van der Waals surface area contributed by atoms with Crippen LogP contribution in [0.15, 0.2) is 12.1 Å². The number of benzene rings is 1. The van der Waals surface area contributed by atoms with E-state index in [0.717, 1.165) is 31.2 Å². The van der Waals surface area contributed by atoms with Gasteiger partial charge in [0.05, 0.1) is 18.2 Å². The lowest BCUT2D eigenvalue weighted by atomic mass is 10.1. The van der Waals surface area contributed by atoms with Crippen molar-refractivity contribution in [2.75, 3.05) is 7.11 Å². The molecule has 1 aromatic carbocycles. The highest BCUT2D eigenvalue weighted by Crippen LogP contribution is 2.48. The fourth-order valence-corrected chi connectivity index (χ4v) is 2.15. The van der Waals surface area contributed by atoms with Gasteiger partial charge in [-0.15, -0.1) is 0 Å². The summed E-state index contributed by atoms with van der Waals surface area (Å²) in [4.78, 5) is 0. The molecule has 4 heteroatoms. The first-order valence-electron chi connectivity index (χ1n) is 5.96. The van der Waals surface area contributed by atoms with Gasteiger partial charge in [0.1, 0.15) is 0 Å². The molecule has 2 fully saturated rings. The van der Waals surface area contributed by atoms with Crippen LogP contribution < -0.4 is 15.2 Å². The Morgan fingerprint density at radius 2 is 2.06 bits per heavy atom. The van der Waals surface area contributed by atoms with Crippen molar-refractivity contribution in [2.24, 2.45) is 5.73 Å². The minimum Gasteiger partial charge on any atom is -0.493 e. The molecule has 0 aromatic heterocycles. The van der Waals surface area contributed by atoms with Gasteiger partial charge in [-0.05, 0) is 43.4 Å². The maximum absolute atomic E-state index is 6.26. The quantitative estimate of drug-likeness (QED) is 0.897. The summed E-state index contributed by atoms with van der Waals surface area (Å²) < 4.78 is 11.1. The van der Waals surface area contributed by atoms with E-state index in [0.29, 0.717) is 22.6 Å². The van der Waals surface area contributed by atoms with Gasteiger partial charge in [-0.1, -0.05) is 11.6 Å². The van der Waals surface area contributed by atoms with Crippen LogP contribution in [0.5, 0.6) is 11.5 Å². The molecule has 2 aliphatic rings. The molecular formula is C13H16ClNO2. The molecule has 0 bridgehead atoms. The standard InChI is InChI=1S/C13H16ClNO2/c1-16-11-7-8(13(15)4-5-13)6-10(14)12(11)17-9-2-3-9/h6-7,9H,2-5,15H2,1H3. The van der Waals surface area contributed by atoms with Gasteiger partial charge < -0.3 is 15.2 Å². The van der Waals surface area contributed by atoms with E-state index >= 15 is 0 Å². The number of hydrogen-bond donors (Lipinski definition) is 1. The highest BCUT2D eigenvalue weighted by Gasteiger charge is 2.41. The second-order valence-electron chi connectivity index (χ2n) is 4.96. The molecule has 1 aromatic rings. The molecule has 0 radical (unpaired) electrons. The Labute approximate surface area is 106 Å². The normalized spacial score (nSPS) is 21.1. The van der Waals surface area contributed by atoms with E-state index in [2.05, 4.69) is 0 Å². The van der Waals surface area contributed by atoms with E-state index in [1.165, 1.54) is 0 Å². The maximum Gasteiger partial charge on any atom is 0.180 e. The monoisotopic (exact) mass is 253 g/mol. The molecule has 0 amide bonds. The summed E-state index contributed by atoms with van der Waals surface area (Å²) in [7, 11) is 1.63. The summed E-state index contributed by atoms with van der Waals surface area (Å²) in [5, 5.41) is 0.600. The lowest BCUT2D eigenvalue weighted by Gasteiger charge is -2.16. The van der Waals surface area contributed by atoms with E-state index < -0.39 is 0 Å². The molecule has 3 rings (SSSR count). The number of nitrogens with two attached hydrogens (primary N) is 1. The van der Waals surface area contributed by atoms with Crippen molar-refractivity contribution in [2.45, 2.75) is 37.3 Å². The van der Waals surface area contributed by atoms with Gasteiger partial charge in [-0.3, -0.25) is 0 Å². The second kappa shape index (κ2) is 3.79. The molecule has 0 heterocycles. The molecule has 3 nitrogen and oxygen atoms in total. The maximum atomic E-state index is 6.26. The van der Waals surface area contributed by atoms with Gasteiger partial charge in [-0.25, -0.2) is 0 Å². The first kappa shape index (κ1) is 11.2. The number of hydrogen-bond acceptors (Lipinski definition) is 3. The predicted molar refractivity (Wildman–Crippen MR) is 66.8 cm³/mol. The summed E-state index contributed by atoms with van der Waals surface area (Å²) in [6.45, 7) is 0. The first-order chi connectivity index (χ1) is 8.12. The first-order valence-corrected chi connectivity index (χ1v) is 6.34. The van der Waals surface area contributed by atoms with Crippen molar-refractivity contribution in [3.05, 3.63) is 22.7 Å². The zero-order valence-corrected chi connectivity index (χ0v) is 10.6. The molecular weight excluding hydrogens is 238 g/mol. The lowest BCUT2D eigenvalue weighted by Crippen LogP contribution is -2.18. The Kier molecular flexibility index (Phi) is 2.49. The van der Waals surface area contributed by atoms with Crippen LogP contribution in [0.2, 0.25) is 5.02 Å². The third-order valence-corrected chi connectivity index (χ3v) is 3.68. The summed E-state index contributed by atoms with van der Waals surface area (Å²) in [6.07, 6.45) is 4.52. The smallest absolute Gasteiger partial charge is 0.180 e. The average Bonchev–Trinajstić information content (AvgIpc) is 3.19. The van der Waals surface area contributed by atoms with Crippen molar-refractivity contribution in [1.29, 1.82) is 0 Å². The van der Waals surface area contributed by atoms with Crippen molar-refractivity contribution in [3.8, 4) is 11.5 Å². The van der Waals surface area contributed by atoms with Crippen molar-refractivity contribution in [3.63, 3.8) is 0 Å². The summed E-state index contributed by atoms with van der Waals surface area (Å²) in [5.41, 5.74) is 7.01. The molecule has 0 atom stereocenters. The van der Waals surface area contributed by atoms with Crippen LogP contribution in [-0.4, -0.2) is 13.2 Å². The van der Waals surface area contributed by atoms with Gasteiger partial charge >= 0.3 is 0 Å². The van der Waals surface area contributed by atoms with E-state index in [-0.39, 0.29) is 5.54 Å². The highest BCUT2D eigenvalue weighted by molar-refractivity contribution is 6.32. The SMILES string of the molecule is COc1cc(C2(N)CC2)cc(Cl)c1OC1CC1. The zero-order chi connectivity index (χ0) is 12.0. The van der Waals surface area contributed by atoms with Gasteiger partial charge in [0.2, 0.25) is 0 Å². The van der Waals surface area contributed by atoms with Gasteiger partial charge in [0, 0.05) is 5.54 Å². The van der Waals surface area contributed by atoms with Crippen LogP contribution in [-0.2, 0) is 5.54 Å². The van der Waals surface area contributed by atoms with E-state index in [9.17, 15) is 0 Å². The number of methoxy groups -OCH3 is 1. The van der Waals surface area contributed by atoms with E-state index in [1.807, 2.05) is 12.1 Å². The Morgan fingerprint density at radius 3 is 2.59 bits per heavy atom. The third kappa shape index (κ3) is 2.09. The van der Waals surface area contributed by atoms with E-state index in [4.69, 9.17) is 26.8 Å². The van der Waals surface area contributed by atoms with Crippen LogP contribution in [0.4, 0.5) is 0 Å². The molecule has 0 saturated heterocycles. The number of ether oxygens (including phenoxy) is 2. The number of rotatable bonds is 4. The Morgan fingerprint density at radius 1 is 1.35 bits per heavy atom. The van der Waals surface area contributed by atoms with Crippen molar-refractivity contribution in [1.82, 2.24) is 0 Å². The molecule has 2 saturated carbocycles. The third-order valence-electron chi connectivity index (χ3n) is 3.40. The van der Waals surface area contributed by atoms with Crippen LogP contribution >= 0.6 is 11.6 Å².